The van der Waals surface area contributed by atoms with E-state index in [4.69, 9.17) is 4.74 Å². The van der Waals surface area contributed by atoms with Crippen molar-refractivity contribution < 1.29 is 4.74 Å². The minimum atomic E-state index is 0.0121. The van der Waals surface area contributed by atoms with Crippen LogP contribution < -0.4 is 5.32 Å². The fraction of sp³-hybridized carbons (Fsp3) is 0.667. The quantitative estimate of drug-likeness (QED) is 0.902. The van der Waals surface area contributed by atoms with E-state index >= 15 is 0 Å². The van der Waals surface area contributed by atoms with Gasteiger partial charge in [-0.2, -0.15) is 0 Å². The molecule has 0 spiro atoms. The van der Waals surface area contributed by atoms with Crippen molar-refractivity contribution in [2.24, 2.45) is 0 Å². The second kappa shape index (κ2) is 6.91. The maximum atomic E-state index is 5.71. The van der Waals surface area contributed by atoms with Gasteiger partial charge >= 0.3 is 0 Å². The minimum absolute atomic E-state index is 0.0121. The monoisotopic (exact) mass is 290 g/mol. The topological polar surface area (TPSA) is 24.5 Å². The van der Waals surface area contributed by atoms with Crippen LogP contribution in [0.15, 0.2) is 18.2 Å². The van der Waals surface area contributed by atoms with E-state index < -0.39 is 0 Å². The van der Waals surface area contributed by atoms with Crippen LogP contribution in [0.3, 0.4) is 0 Å². The average molecular weight is 290 g/mol. The van der Waals surface area contributed by atoms with Gasteiger partial charge in [-0.3, -0.25) is 4.90 Å². The van der Waals surface area contributed by atoms with Crippen molar-refractivity contribution >= 4 is 0 Å². The molecule has 0 radical (unpaired) electrons. The highest BCUT2D eigenvalue weighted by atomic mass is 16.5. The zero-order chi connectivity index (χ0) is 15.5. The van der Waals surface area contributed by atoms with Crippen LogP contribution >= 0.6 is 0 Å². The van der Waals surface area contributed by atoms with Gasteiger partial charge in [-0.1, -0.05) is 23.8 Å². The summed E-state index contributed by atoms with van der Waals surface area (Å²) in [6.45, 7) is 9.83. The van der Waals surface area contributed by atoms with Gasteiger partial charge in [0.15, 0.2) is 0 Å². The van der Waals surface area contributed by atoms with Gasteiger partial charge in [0, 0.05) is 26.2 Å². The van der Waals surface area contributed by atoms with Gasteiger partial charge in [-0.15, -0.1) is 0 Å². The Balaban J connectivity index is 2.10. The Morgan fingerprint density at radius 2 is 2.14 bits per heavy atom. The molecule has 2 rings (SSSR count). The summed E-state index contributed by atoms with van der Waals surface area (Å²) in [5.41, 5.74) is 4.13. The lowest BCUT2D eigenvalue weighted by Crippen LogP contribution is -2.49. The van der Waals surface area contributed by atoms with Gasteiger partial charge in [0.1, 0.15) is 0 Å². The van der Waals surface area contributed by atoms with Crippen LogP contribution in [0.5, 0.6) is 0 Å². The van der Waals surface area contributed by atoms with Crippen LogP contribution in [-0.4, -0.2) is 44.3 Å². The van der Waals surface area contributed by atoms with E-state index in [1.807, 2.05) is 7.11 Å². The molecule has 3 heteroatoms. The summed E-state index contributed by atoms with van der Waals surface area (Å²) in [6, 6.07) is 7.11. The maximum Gasteiger partial charge on any atom is 0.0777 e. The van der Waals surface area contributed by atoms with E-state index in [1.165, 1.54) is 29.7 Å². The Kier molecular flexibility index (Phi) is 5.42. The molecule has 1 aromatic rings. The molecule has 0 aromatic heterocycles. The number of likely N-dealkylation sites (N-methyl/N-ethyl adjacent to an activating group) is 1. The molecule has 3 nitrogen and oxygen atoms in total. The molecular weight excluding hydrogens is 260 g/mol. The van der Waals surface area contributed by atoms with E-state index in [2.05, 4.69) is 56.2 Å². The van der Waals surface area contributed by atoms with Gasteiger partial charge in [-0.05, 0) is 58.3 Å². The molecule has 1 aliphatic rings. The fourth-order valence-electron chi connectivity index (χ4n) is 3.37. The number of ether oxygens (including phenoxy) is 1. The summed E-state index contributed by atoms with van der Waals surface area (Å²) in [7, 11) is 3.90. The van der Waals surface area contributed by atoms with Crippen molar-refractivity contribution in [1.82, 2.24) is 10.2 Å². The number of nitrogens with one attached hydrogen (secondary N) is 1. The number of nitrogens with zero attached hydrogens (tertiary/aromatic N) is 1. The summed E-state index contributed by atoms with van der Waals surface area (Å²) < 4.78 is 5.71. The van der Waals surface area contributed by atoms with Crippen LogP contribution in [0.4, 0.5) is 0 Å². The summed E-state index contributed by atoms with van der Waals surface area (Å²) in [6.07, 6.45) is 2.38. The second-order valence-electron chi connectivity index (χ2n) is 6.69. The molecule has 1 saturated heterocycles. The largest absolute Gasteiger partial charge is 0.377 e. The standard InChI is InChI=1S/C18H30N2O/c1-14-7-8-15(2)16(11-14)17(19-4)12-20-10-6-9-18(3,13-20)21-5/h7-8,11,17,19H,6,9-10,12-13H2,1-5H3. The molecule has 0 saturated carbocycles. The van der Waals surface area contributed by atoms with Gasteiger partial charge < -0.3 is 10.1 Å². The Labute approximate surface area is 129 Å². The highest BCUT2D eigenvalue weighted by Crippen LogP contribution is 2.26. The summed E-state index contributed by atoms with van der Waals surface area (Å²) in [5.74, 6) is 0. The zero-order valence-corrected chi connectivity index (χ0v) is 14.2. The number of aryl methyl sites for hydroxylation is 2. The predicted molar refractivity (Wildman–Crippen MR) is 88.8 cm³/mol. The maximum absolute atomic E-state index is 5.71. The van der Waals surface area contributed by atoms with Crippen molar-refractivity contribution in [1.29, 1.82) is 0 Å². The van der Waals surface area contributed by atoms with E-state index in [0.29, 0.717) is 6.04 Å². The number of rotatable bonds is 5. The third kappa shape index (κ3) is 4.06. The molecule has 2 atom stereocenters. The number of hydrogen-bond acceptors (Lipinski definition) is 3. The molecule has 21 heavy (non-hydrogen) atoms. The normalized spacial score (nSPS) is 25.0. The van der Waals surface area contributed by atoms with Crippen molar-refractivity contribution in [3.63, 3.8) is 0 Å². The lowest BCUT2D eigenvalue weighted by atomic mass is 9.93. The lowest BCUT2D eigenvalue weighted by molar-refractivity contribution is -0.0522. The van der Waals surface area contributed by atoms with Crippen LogP contribution in [0.2, 0.25) is 0 Å². The van der Waals surface area contributed by atoms with Gasteiger partial charge in [0.05, 0.1) is 5.60 Å². The summed E-state index contributed by atoms with van der Waals surface area (Å²) in [5, 5.41) is 3.50. The Hall–Kier alpha value is -0.900. The molecule has 2 unspecified atom stereocenters. The molecular formula is C18H30N2O. The molecule has 1 aromatic carbocycles. The molecule has 0 aliphatic carbocycles. The lowest BCUT2D eigenvalue weighted by Gasteiger charge is -2.41. The molecule has 118 valence electrons. The van der Waals surface area contributed by atoms with Crippen LogP contribution in [0, 0.1) is 13.8 Å². The van der Waals surface area contributed by atoms with Crippen LogP contribution in [-0.2, 0) is 4.74 Å². The van der Waals surface area contributed by atoms with E-state index in [-0.39, 0.29) is 5.60 Å². The Morgan fingerprint density at radius 1 is 1.38 bits per heavy atom. The number of hydrogen-bond donors (Lipinski definition) is 1. The van der Waals surface area contributed by atoms with Crippen LogP contribution in [0.25, 0.3) is 0 Å². The van der Waals surface area contributed by atoms with Crippen molar-refractivity contribution in [2.45, 2.75) is 45.3 Å². The molecule has 1 aliphatic heterocycles. The number of benzene rings is 1. The molecule has 1 heterocycles. The van der Waals surface area contributed by atoms with Crippen LogP contribution in [0.1, 0.15) is 42.5 Å². The third-order valence-electron chi connectivity index (χ3n) is 4.83. The molecule has 1 fully saturated rings. The SMILES string of the molecule is CNC(CN1CCCC(C)(OC)C1)c1cc(C)ccc1C. The zero-order valence-electron chi connectivity index (χ0n) is 14.2. The van der Waals surface area contributed by atoms with Crippen molar-refractivity contribution in [2.75, 3.05) is 33.8 Å². The first-order valence-electron chi connectivity index (χ1n) is 7.99. The number of methoxy groups -OCH3 is 1. The molecule has 0 bridgehead atoms. The highest BCUT2D eigenvalue weighted by Gasteiger charge is 2.31. The summed E-state index contributed by atoms with van der Waals surface area (Å²) in [4.78, 5) is 2.54. The fourth-order valence-corrected chi connectivity index (χ4v) is 3.37. The third-order valence-corrected chi connectivity index (χ3v) is 4.83. The number of likely N-dealkylation sites (tertiary alicyclic amines) is 1. The van der Waals surface area contributed by atoms with Gasteiger partial charge in [0.2, 0.25) is 0 Å². The Bertz CT molecular complexity index is 474. The van der Waals surface area contributed by atoms with Crippen molar-refractivity contribution in [3.8, 4) is 0 Å². The first-order valence-corrected chi connectivity index (χ1v) is 7.99. The first-order chi connectivity index (χ1) is 9.97. The van der Waals surface area contributed by atoms with Gasteiger partial charge in [-0.25, -0.2) is 0 Å². The smallest absolute Gasteiger partial charge is 0.0777 e. The Morgan fingerprint density at radius 3 is 2.81 bits per heavy atom. The highest BCUT2D eigenvalue weighted by molar-refractivity contribution is 5.33. The second-order valence-corrected chi connectivity index (χ2v) is 6.69. The van der Waals surface area contributed by atoms with E-state index in [1.54, 1.807) is 0 Å². The molecule has 0 amide bonds. The predicted octanol–water partition coefficient (Wildman–Crippen LogP) is 3.06. The van der Waals surface area contributed by atoms with E-state index in [9.17, 15) is 0 Å². The van der Waals surface area contributed by atoms with Gasteiger partial charge in [0.25, 0.3) is 0 Å². The van der Waals surface area contributed by atoms with Crippen molar-refractivity contribution in [3.05, 3.63) is 34.9 Å². The average Bonchev–Trinajstić information content (AvgIpc) is 2.48. The minimum Gasteiger partial charge on any atom is -0.377 e. The summed E-state index contributed by atoms with van der Waals surface area (Å²) >= 11 is 0. The number of piperidine rings is 1. The van der Waals surface area contributed by atoms with E-state index in [0.717, 1.165) is 19.5 Å². The molecule has 1 N–H and O–H groups in total. The first kappa shape index (κ1) is 16.5.